The van der Waals surface area contributed by atoms with Crippen LogP contribution >= 0.6 is 0 Å². The average molecular weight is 198 g/mol. The van der Waals surface area contributed by atoms with Crippen molar-refractivity contribution in [2.45, 2.75) is 33.2 Å². The second kappa shape index (κ2) is 4.95. The molecule has 0 bridgehead atoms. The minimum absolute atomic E-state index is 0.374. The van der Waals surface area contributed by atoms with Crippen LogP contribution in [0.5, 0.6) is 0 Å². The van der Waals surface area contributed by atoms with Crippen LogP contribution in [0.3, 0.4) is 0 Å². The van der Waals surface area contributed by atoms with E-state index >= 15 is 0 Å². The topological polar surface area (TPSA) is 68.2 Å². The Morgan fingerprint density at radius 2 is 2.29 bits per heavy atom. The van der Waals surface area contributed by atoms with E-state index in [1.807, 2.05) is 11.8 Å². The number of aromatic nitrogens is 2. The van der Waals surface area contributed by atoms with Crippen LogP contribution in [0.2, 0.25) is 0 Å². The van der Waals surface area contributed by atoms with E-state index in [2.05, 4.69) is 24.0 Å². The zero-order chi connectivity index (χ0) is 10.6. The van der Waals surface area contributed by atoms with E-state index < -0.39 is 0 Å². The lowest BCUT2D eigenvalue weighted by molar-refractivity contribution is 0.397. The summed E-state index contributed by atoms with van der Waals surface area (Å²) in [5.41, 5.74) is 5.53. The molecule has 14 heavy (non-hydrogen) atoms. The molecule has 5 heteroatoms. The third-order valence-corrected chi connectivity index (χ3v) is 2.26. The van der Waals surface area contributed by atoms with E-state index in [0.717, 1.165) is 13.0 Å². The molecule has 1 aromatic heterocycles. The summed E-state index contributed by atoms with van der Waals surface area (Å²) in [6.07, 6.45) is 1.03. The van der Waals surface area contributed by atoms with Gasteiger partial charge in [0.1, 0.15) is 0 Å². The molecule has 0 aliphatic heterocycles. The first-order valence-corrected chi connectivity index (χ1v) is 4.96. The highest BCUT2D eigenvalue weighted by Crippen LogP contribution is 2.14. The second-order valence-corrected chi connectivity index (χ2v) is 3.36. The summed E-state index contributed by atoms with van der Waals surface area (Å²) in [6.45, 7) is 7.39. The first-order valence-electron chi connectivity index (χ1n) is 4.96. The zero-order valence-electron chi connectivity index (χ0n) is 9.03. The first kappa shape index (κ1) is 11.0. The molecule has 0 aromatic carbocycles. The van der Waals surface area contributed by atoms with Crippen molar-refractivity contribution in [1.82, 2.24) is 10.1 Å². The fourth-order valence-corrected chi connectivity index (χ4v) is 1.27. The molecule has 0 radical (unpaired) electrons. The Balaban J connectivity index is 2.76. The Hall–Kier alpha value is -1.10. The van der Waals surface area contributed by atoms with E-state index in [0.29, 0.717) is 24.4 Å². The third kappa shape index (κ3) is 2.45. The van der Waals surface area contributed by atoms with Crippen LogP contribution in [0.15, 0.2) is 4.52 Å². The number of hydrogen-bond acceptors (Lipinski definition) is 5. The maximum atomic E-state index is 5.53. The van der Waals surface area contributed by atoms with E-state index in [1.54, 1.807) is 0 Å². The Labute approximate surface area is 84.3 Å². The average Bonchev–Trinajstić information content (AvgIpc) is 2.60. The molecular weight excluding hydrogens is 180 g/mol. The van der Waals surface area contributed by atoms with Crippen molar-refractivity contribution in [3.05, 3.63) is 5.82 Å². The van der Waals surface area contributed by atoms with Gasteiger partial charge in [-0.1, -0.05) is 12.1 Å². The van der Waals surface area contributed by atoms with Crippen LogP contribution in [-0.2, 0) is 0 Å². The van der Waals surface area contributed by atoms with Gasteiger partial charge in [-0.3, -0.25) is 0 Å². The minimum atomic E-state index is 0.374. The van der Waals surface area contributed by atoms with Gasteiger partial charge in [0, 0.05) is 19.1 Å². The fourth-order valence-electron chi connectivity index (χ4n) is 1.27. The van der Waals surface area contributed by atoms with Crippen molar-refractivity contribution in [2.75, 3.05) is 18.0 Å². The molecule has 0 amide bonds. The molecule has 0 saturated heterocycles. The highest BCUT2D eigenvalue weighted by Gasteiger charge is 2.17. The Morgan fingerprint density at radius 3 is 2.71 bits per heavy atom. The molecule has 0 aliphatic rings. The van der Waals surface area contributed by atoms with Crippen molar-refractivity contribution in [3.63, 3.8) is 0 Å². The minimum Gasteiger partial charge on any atom is -0.329 e. The number of hydrogen-bond donors (Lipinski definition) is 1. The van der Waals surface area contributed by atoms with Crippen molar-refractivity contribution in [3.8, 4) is 0 Å². The number of rotatable bonds is 5. The lowest BCUT2D eigenvalue weighted by atomic mass is 10.2. The molecule has 0 saturated carbocycles. The van der Waals surface area contributed by atoms with Gasteiger partial charge in [0.05, 0.1) is 0 Å². The van der Waals surface area contributed by atoms with Gasteiger partial charge in [0.15, 0.2) is 5.82 Å². The highest BCUT2D eigenvalue weighted by atomic mass is 16.5. The number of anilines is 1. The first-order chi connectivity index (χ1) is 6.69. The van der Waals surface area contributed by atoms with Crippen molar-refractivity contribution < 1.29 is 4.52 Å². The maximum Gasteiger partial charge on any atom is 0.324 e. The summed E-state index contributed by atoms with van der Waals surface area (Å²) in [4.78, 5) is 6.23. The zero-order valence-corrected chi connectivity index (χ0v) is 9.03. The van der Waals surface area contributed by atoms with Gasteiger partial charge in [-0.15, -0.1) is 0 Å². The Bertz CT molecular complexity index is 274. The number of nitrogens with zero attached hydrogens (tertiary/aromatic N) is 3. The van der Waals surface area contributed by atoms with E-state index in [-0.39, 0.29) is 0 Å². The highest BCUT2D eigenvalue weighted by molar-refractivity contribution is 5.26. The van der Waals surface area contributed by atoms with Gasteiger partial charge in [-0.25, -0.2) is 0 Å². The molecule has 80 valence electrons. The molecule has 1 aromatic rings. The van der Waals surface area contributed by atoms with Gasteiger partial charge < -0.3 is 15.2 Å². The predicted octanol–water partition coefficient (Wildman–Crippen LogP) is 0.942. The second-order valence-electron chi connectivity index (χ2n) is 3.36. The van der Waals surface area contributed by atoms with Crippen LogP contribution in [0.1, 0.15) is 26.1 Å². The summed E-state index contributed by atoms with van der Waals surface area (Å²) in [7, 11) is 0. The lowest BCUT2D eigenvalue weighted by Gasteiger charge is -2.25. The van der Waals surface area contributed by atoms with Gasteiger partial charge in [-0.05, 0) is 20.3 Å². The summed E-state index contributed by atoms with van der Waals surface area (Å²) in [5.74, 6) is 0.658. The number of nitrogens with two attached hydrogens (primary N) is 1. The van der Waals surface area contributed by atoms with Gasteiger partial charge in [-0.2, -0.15) is 4.98 Å². The molecule has 0 aliphatic carbocycles. The molecule has 1 heterocycles. The van der Waals surface area contributed by atoms with Crippen molar-refractivity contribution in [2.24, 2.45) is 5.73 Å². The van der Waals surface area contributed by atoms with Crippen LogP contribution in [0.4, 0.5) is 6.01 Å². The summed E-state index contributed by atoms with van der Waals surface area (Å²) < 4.78 is 5.11. The molecule has 0 spiro atoms. The van der Waals surface area contributed by atoms with Gasteiger partial charge in [0.2, 0.25) is 0 Å². The normalized spacial score (nSPS) is 12.9. The fraction of sp³-hybridized carbons (Fsp3) is 0.778. The van der Waals surface area contributed by atoms with Crippen LogP contribution in [0, 0.1) is 6.92 Å². The van der Waals surface area contributed by atoms with Crippen LogP contribution in [-0.4, -0.2) is 29.3 Å². The quantitative estimate of drug-likeness (QED) is 0.762. The summed E-state index contributed by atoms with van der Waals surface area (Å²) in [5, 5.41) is 3.77. The van der Waals surface area contributed by atoms with E-state index in [4.69, 9.17) is 10.3 Å². The molecule has 1 atom stereocenters. The van der Waals surface area contributed by atoms with E-state index in [1.165, 1.54) is 0 Å². The number of aryl methyl sites for hydroxylation is 1. The van der Waals surface area contributed by atoms with Gasteiger partial charge in [0.25, 0.3) is 0 Å². The van der Waals surface area contributed by atoms with Crippen molar-refractivity contribution >= 4 is 6.01 Å². The standard InChI is InChI=1S/C9H18N4O/c1-4-7(2)13(6-5-10)9-11-8(3)12-14-9/h7H,4-6,10H2,1-3H3/t7-/m0/s1. The Morgan fingerprint density at radius 1 is 1.57 bits per heavy atom. The van der Waals surface area contributed by atoms with E-state index in [9.17, 15) is 0 Å². The summed E-state index contributed by atoms with van der Waals surface area (Å²) >= 11 is 0. The van der Waals surface area contributed by atoms with Gasteiger partial charge >= 0.3 is 6.01 Å². The van der Waals surface area contributed by atoms with Crippen LogP contribution < -0.4 is 10.6 Å². The Kier molecular flexibility index (Phi) is 3.88. The molecule has 0 unspecified atom stereocenters. The maximum absolute atomic E-state index is 5.53. The molecule has 1 rings (SSSR count). The smallest absolute Gasteiger partial charge is 0.324 e. The SMILES string of the molecule is CC[C@H](C)N(CCN)c1nc(C)no1. The predicted molar refractivity (Wildman–Crippen MR) is 55.2 cm³/mol. The molecular formula is C9H18N4O. The monoisotopic (exact) mass is 198 g/mol. The molecule has 0 fully saturated rings. The lowest BCUT2D eigenvalue weighted by Crippen LogP contribution is -2.37. The molecule has 2 N–H and O–H groups in total. The molecule has 5 nitrogen and oxygen atoms in total. The van der Waals surface area contributed by atoms with Crippen LogP contribution in [0.25, 0.3) is 0 Å². The van der Waals surface area contributed by atoms with Crippen molar-refractivity contribution in [1.29, 1.82) is 0 Å². The summed E-state index contributed by atoms with van der Waals surface area (Å²) in [6, 6.07) is 0.945. The third-order valence-electron chi connectivity index (χ3n) is 2.26. The largest absolute Gasteiger partial charge is 0.329 e.